The van der Waals surface area contributed by atoms with Crippen molar-refractivity contribution in [2.75, 3.05) is 61.2 Å². The average Bonchev–Trinajstić information content (AvgIpc) is 2.48. The van der Waals surface area contributed by atoms with Gasteiger partial charge in [0.15, 0.2) is 0 Å². The van der Waals surface area contributed by atoms with Gasteiger partial charge in [0.1, 0.15) is 5.54 Å². The first-order chi connectivity index (χ1) is 9.53. The first-order valence-electron chi connectivity index (χ1n) is 7.01. The molecular formula is C14H30N2O4. The highest BCUT2D eigenvalue weighted by Crippen LogP contribution is 2.14. The maximum Gasteiger partial charge on any atom is 0.325 e. The fraction of sp³-hybridized carbons (Fsp3) is 0.929. The minimum atomic E-state index is -0.622. The van der Waals surface area contributed by atoms with Gasteiger partial charge in [-0.25, -0.2) is 0 Å². The molecule has 0 aliphatic carbocycles. The predicted molar refractivity (Wildman–Crippen MR) is 78.9 cm³/mol. The van der Waals surface area contributed by atoms with E-state index in [0.29, 0.717) is 13.2 Å². The van der Waals surface area contributed by atoms with Gasteiger partial charge in [-0.15, -0.1) is 0 Å². The van der Waals surface area contributed by atoms with E-state index in [-0.39, 0.29) is 5.97 Å². The van der Waals surface area contributed by atoms with E-state index in [9.17, 15) is 4.79 Å². The van der Waals surface area contributed by atoms with Crippen molar-refractivity contribution in [1.29, 1.82) is 0 Å². The van der Waals surface area contributed by atoms with Gasteiger partial charge in [-0.3, -0.25) is 9.69 Å². The zero-order chi connectivity index (χ0) is 15.4. The number of methoxy groups -OCH3 is 3. The maximum atomic E-state index is 11.7. The fourth-order valence-electron chi connectivity index (χ4n) is 1.99. The summed E-state index contributed by atoms with van der Waals surface area (Å²) in [5.41, 5.74) is -0.622. The SMILES string of the molecule is CNC(C)(CCCN(CCOC)CCOC)C(=O)OC. The van der Waals surface area contributed by atoms with Crippen molar-refractivity contribution in [1.82, 2.24) is 10.2 Å². The molecule has 0 radical (unpaired) electrons. The van der Waals surface area contributed by atoms with E-state index in [2.05, 4.69) is 10.2 Å². The lowest BCUT2D eigenvalue weighted by atomic mass is 9.96. The molecule has 20 heavy (non-hydrogen) atoms. The van der Waals surface area contributed by atoms with Gasteiger partial charge < -0.3 is 19.5 Å². The van der Waals surface area contributed by atoms with Crippen LogP contribution in [0.5, 0.6) is 0 Å². The Morgan fingerprint density at radius 1 is 1.10 bits per heavy atom. The number of nitrogens with one attached hydrogen (secondary N) is 1. The van der Waals surface area contributed by atoms with Crippen LogP contribution in [0.1, 0.15) is 19.8 Å². The summed E-state index contributed by atoms with van der Waals surface area (Å²) < 4.78 is 15.1. The van der Waals surface area contributed by atoms with Crippen LogP contribution in [0.4, 0.5) is 0 Å². The molecule has 0 saturated heterocycles. The summed E-state index contributed by atoms with van der Waals surface area (Å²) in [4.78, 5) is 14.0. The van der Waals surface area contributed by atoms with E-state index >= 15 is 0 Å². The van der Waals surface area contributed by atoms with Gasteiger partial charge in [0.2, 0.25) is 0 Å². The van der Waals surface area contributed by atoms with Crippen LogP contribution in [0.25, 0.3) is 0 Å². The second-order valence-corrected chi connectivity index (χ2v) is 5.00. The minimum Gasteiger partial charge on any atom is -0.468 e. The highest BCUT2D eigenvalue weighted by molar-refractivity contribution is 5.80. The molecule has 1 unspecified atom stereocenters. The largest absolute Gasteiger partial charge is 0.468 e. The standard InChI is InChI=1S/C14H30N2O4/c1-14(15-2,13(17)20-5)7-6-8-16(9-11-18-3)10-12-19-4/h15H,6-12H2,1-5H3. The topological polar surface area (TPSA) is 60.0 Å². The molecule has 1 atom stereocenters. The molecule has 0 amide bonds. The Morgan fingerprint density at radius 3 is 2.05 bits per heavy atom. The van der Waals surface area contributed by atoms with Crippen LogP contribution >= 0.6 is 0 Å². The number of likely N-dealkylation sites (N-methyl/N-ethyl adjacent to an activating group) is 1. The summed E-state index contributed by atoms with van der Waals surface area (Å²) in [7, 11) is 6.60. The van der Waals surface area contributed by atoms with Crippen molar-refractivity contribution >= 4 is 5.97 Å². The zero-order valence-electron chi connectivity index (χ0n) is 13.5. The molecule has 0 saturated carbocycles. The number of esters is 1. The number of ether oxygens (including phenoxy) is 3. The molecule has 0 aromatic carbocycles. The van der Waals surface area contributed by atoms with Crippen LogP contribution in [-0.4, -0.2) is 77.6 Å². The van der Waals surface area contributed by atoms with Gasteiger partial charge in [-0.1, -0.05) is 0 Å². The Morgan fingerprint density at radius 2 is 1.65 bits per heavy atom. The normalized spacial score (nSPS) is 14.3. The number of rotatable bonds is 12. The van der Waals surface area contributed by atoms with E-state index < -0.39 is 5.54 Å². The Hall–Kier alpha value is -0.690. The average molecular weight is 290 g/mol. The molecule has 0 heterocycles. The van der Waals surface area contributed by atoms with Crippen molar-refractivity contribution in [2.45, 2.75) is 25.3 Å². The highest BCUT2D eigenvalue weighted by atomic mass is 16.5. The zero-order valence-corrected chi connectivity index (χ0v) is 13.5. The summed E-state index contributed by atoms with van der Waals surface area (Å²) in [6.45, 7) is 5.91. The molecule has 0 spiro atoms. The third-order valence-corrected chi connectivity index (χ3v) is 3.56. The summed E-state index contributed by atoms with van der Waals surface area (Å²) in [6, 6.07) is 0. The van der Waals surface area contributed by atoms with Crippen LogP contribution < -0.4 is 5.32 Å². The van der Waals surface area contributed by atoms with Crippen molar-refractivity contribution in [3.8, 4) is 0 Å². The number of carbonyl (C=O) groups excluding carboxylic acids is 1. The van der Waals surface area contributed by atoms with Crippen LogP contribution in [0.2, 0.25) is 0 Å². The summed E-state index contributed by atoms with van der Waals surface area (Å²) in [6.07, 6.45) is 1.63. The first-order valence-corrected chi connectivity index (χ1v) is 7.01. The van der Waals surface area contributed by atoms with E-state index in [1.807, 2.05) is 6.92 Å². The second-order valence-electron chi connectivity index (χ2n) is 5.00. The van der Waals surface area contributed by atoms with Gasteiger partial charge in [-0.2, -0.15) is 0 Å². The molecule has 6 nitrogen and oxygen atoms in total. The lowest BCUT2D eigenvalue weighted by Crippen LogP contribution is -2.48. The molecule has 120 valence electrons. The van der Waals surface area contributed by atoms with Gasteiger partial charge in [0, 0.05) is 27.3 Å². The van der Waals surface area contributed by atoms with Gasteiger partial charge in [0.05, 0.1) is 20.3 Å². The van der Waals surface area contributed by atoms with Crippen molar-refractivity contribution in [3.05, 3.63) is 0 Å². The number of nitrogens with zero attached hydrogens (tertiary/aromatic N) is 1. The molecule has 0 aliphatic rings. The van der Waals surface area contributed by atoms with E-state index in [1.54, 1.807) is 21.3 Å². The van der Waals surface area contributed by atoms with Crippen LogP contribution in [0, 0.1) is 0 Å². The molecule has 0 fully saturated rings. The lowest BCUT2D eigenvalue weighted by Gasteiger charge is -2.28. The Balaban J connectivity index is 4.21. The van der Waals surface area contributed by atoms with E-state index in [1.165, 1.54) is 7.11 Å². The third-order valence-electron chi connectivity index (χ3n) is 3.56. The summed E-state index contributed by atoms with van der Waals surface area (Å²) in [5, 5.41) is 3.05. The van der Waals surface area contributed by atoms with E-state index in [4.69, 9.17) is 14.2 Å². The van der Waals surface area contributed by atoms with Crippen molar-refractivity contribution in [3.63, 3.8) is 0 Å². The lowest BCUT2D eigenvalue weighted by molar-refractivity contribution is -0.148. The second kappa shape index (κ2) is 11.0. The fourth-order valence-corrected chi connectivity index (χ4v) is 1.99. The van der Waals surface area contributed by atoms with E-state index in [0.717, 1.165) is 32.5 Å². The smallest absolute Gasteiger partial charge is 0.325 e. The summed E-state index contributed by atoms with van der Waals surface area (Å²) >= 11 is 0. The molecule has 0 aromatic rings. The molecule has 6 heteroatoms. The maximum absolute atomic E-state index is 11.7. The molecule has 0 aromatic heterocycles. The number of carbonyl (C=O) groups is 1. The van der Waals surface area contributed by atoms with Gasteiger partial charge in [-0.05, 0) is 33.4 Å². The highest BCUT2D eigenvalue weighted by Gasteiger charge is 2.31. The molecule has 0 bridgehead atoms. The molecule has 1 N–H and O–H groups in total. The third kappa shape index (κ3) is 7.19. The van der Waals surface area contributed by atoms with Crippen LogP contribution in [0.15, 0.2) is 0 Å². The number of hydrogen-bond acceptors (Lipinski definition) is 6. The Bertz CT molecular complexity index is 256. The predicted octanol–water partition coefficient (Wildman–Crippen LogP) is 0.513. The van der Waals surface area contributed by atoms with Gasteiger partial charge >= 0.3 is 5.97 Å². The molecular weight excluding hydrogens is 260 g/mol. The van der Waals surface area contributed by atoms with Crippen molar-refractivity contribution in [2.24, 2.45) is 0 Å². The van der Waals surface area contributed by atoms with Gasteiger partial charge in [0.25, 0.3) is 0 Å². The Labute approximate surface area is 122 Å². The summed E-state index contributed by atoms with van der Waals surface area (Å²) in [5.74, 6) is -0.222. The number of hydrogen-bond donors (Lipinski definition) is 1. The van der Waals surface area contributed by atoms with Crippen LogP contribution in [-0.2, 0) is 19.0 Å². The van der Waals surface area contributed by atoms with Crippen molar-refractivity contribution < 1.29 is 19.0 Å². The quantitative estimate of drug-likeness (QED) is 0.529. The van der Waals surface area contributed by atoms with Crippen LogP contribution in [0.3, 0.4) is 0 Å². The monoisotopic (exact) mass is 290 g/mol. The Kier molecular flexibility index (Phi) is 10.6. The minimum absolute atomic E-state index is 0.222. The first kappa shape index (κ1) is 19.3. The molecule has 0 rings (SSSR count). The molecule has 0 aliphatic heterocycles.